The molecule has 0 unspecified atom stereocenters. The number of aromatic nitrogens is 1. The number of ether oxygens (including phenoxy) is 1. The summed E-state index contributed by atoms with van der Waals surface area (Å²) in [4.78, 5) is 14.5. The third-order valence-electron chi connectivity index (χ3n) is 3.00. The van der Waals surface area contributed by atoms with Crippen molar-refractivity contribution in [3.05, 3.63) is 46.0 Å². The topological polar surface area (TPSA) is 90.4 Å². The first-order chi connectivity index (χ1) is 10.1. The summed E-state index contributed by atoms with van der Waals surface area (Å²) in [5.41, 5.74) is 1.65. The molecular weight excluding hydrogens is 274 g/mol. The predicted octanol–water partition coefficient (Wildman–Crippen LogP) is 2.29. The van der Waals surface area contributed by atoms with E-state index in [-0.39, 0.29) is 5.69 Å². The Hall–Kier alpha value is -2.25. The number of hydrogen-bond donors (Lipinski definition) is 1. The molecule has 0 saturated heterocycles. The lowest BCUT2D eigenvalue weighted by Crippen LogP contribution is -2.18. The zero-order chi connectivity index (χ0) is 15.2. The molecule has 21 heavy (non-hydrogen) atoms. The van der Waals surface area contributed by atoms with Gasteiger partial charge in [-0.25, -0.2) is 4.98 Å². The van der Waals surface area contributed by atoms with Crippen LogP contribution >= 0.6 is 0 Å². The first-order valence-electron chi connectivity index (χ1n) is 6.51. The van der Waals surface area contributed by atoms with Gasteiger partial charge in [0.15, 0.2) is 5.76 Å². The van der Waals surface area contributed by atoms with Gasteiger partial charge in [0.1, 0.15) is 0 Å². The van der Waals surface area contributed by atoms with Crippen molar-refractivity contribution in [2.24, 2.45) is 0 Å². The van der Waals surface area contributed by atoms with Gasteiger partial charge in [0.2, 0.25) is 5.89 Å². The molecule has 2 aromatic rings. The Kier molecular flexibility index (Phi) is 5.02. The highest BCUT2D eigenvalue weighted by Crippen LogP contribution is 2.27. The highest BCUT2D eigenvalue weighted by atomic mass is 16.6. The molecule has 1 aromatic heterocycles. The minimum atomic E-state index is -0.414. The average molecular weight is 291 g/mol. The van der Waals surface area contributed by atoms with Crippen LogP contribution in [0.5, 0.6) is 0 Å². The van der Waals surface area contributed by atoms with E-state index in [1.807, 2.05) is 0 Å². The molecule has 0 amide bonds. The van der Waals surface area contributed by atoms with Crippen LogP contribution in [0.1, 0.15) is 11.5 Å². The van der Waals surface area contributed by atoms with Crippen LogP contribution in [0.3, 0.4) is 0 Å². The Bertz CT molecular complexity index is 624. The average Bonchev–Trinajstić information content (AvgIpc) is 2.92. The predicted molar refractivity (Wildman–Crippen MR) is 76.9 cm³/mol. The van der Waals surface area contributed by atoms with E-state index in [0.717, 1.165) is 11.1 Å². The van der Waals surface area contributed by atoms with Gasteiger partial charge < -0.3 is 14.5 Å². The summed E-state index contributed by atoms with van der Waals surface area (Å²) >= 11 is 0. The molecule has 0 atom stereocenters. The van der Waals surface area contributed by atoms with E-state index in [1.54, 1.807) is 26.3 Å². The second kappa shape index (κ2) is 6.96. The number of nitro groups is 1. The van der Waals surface area contributed by atoms with Gasteiger partial charge in [-0.3, -0.25) is 10.1 Å². The molecule has 1 N–H and O–H groups in total. The molecule has 0 bridgehead atoms. The summed E-state index contributed by atoms with van der Waals surface area (Å²) in [6, 6.07) is 4.66. The standard InChI is InChI=1S/C14H17N3O4/c1-10-7-11(17(18)19)3-4-12(10)13-8-16-14(21-13)9-15-5-6-20-2/h3-4,7-8,15H,5-6,9H2,1-2H3. The van der Waals surface area contributed by atoms with Crippen LogP contribution in [-0.4, -0.2) is 30.2 Å². The quantitative estimate of drug-likeness (QED) is 0.478. The lowest BCUT2D eigenvalue weighted by atomic mass is 10.1. The largest absolute Gasteiger partial charge is 0.439 e. The number of aryl methyl sites for hydroxylation is 1. The second-order valence-corrected chi connectivity index (χ2v) is 4.54. The number of nitro benzene ring substituents is 1. The van der Waals surface area contributed by atoms with E-state index in [2.05, 4.69) is 10.3 Å². The Morgan fingerprint density at radius 1 is 1.48 bits per heavy atom. The Morgan fingerprint density at radius 3 is 2.95 bits per heavy atom. The highest BCUT2D eigenvalue weighted by molar-refractivity contribution is 5.63. The molecule has 7 heteroatoms. The fourth-order valence-electron chi connectivity index (χ4n) is 1.92. The molecule has 2 rings (SSSR count). The maximum Gasteiger partial charge on any atom is 0.269 e. The monoisotopic (exact) mass is 291 g/mol. The van der Waals surface area contributed by atoms with E-state index in [9.17, 15) is 10.1 Å². The normalized spacial score (nSPS) is 10.8. The van der Waals surface area contributed by atoms with E-state index < -0.39 is 4.92 Å². The number of methoxy groups -OCH3 is 1. The molecule has 0 aliphatic rings. The lowest BCUT2D eigenvalue weighted by molar-refractivity contribution is -0.384. The molecule has 0 fully saturated rings. The zero-order valence-corrected chi connectivity index (χ0v) is 12.0. The first-order valence-corrected chi connectivity index (χ1v) is 6.51. The number of rotatable bonds is 7. The number of oxazole rings is 1. The van der Waals surface area contributed by atoms with Gasteiger partial charge in [0, 0.05) is 31.4 Å². The van der Waals surface area contributed by atoms with Crippen molar-refractivity contribution in [2.75, 3.05) is 20.3 Å². The number of benzene rings is 1. The summed E-state index contributed by atoms with van der Waals surface area (Å²) in [5.74, 6) is 1.17. The fraction of sp³-hybridized carbons (Fsp3) is 0.357. The van der Waals surface area contributed by atoms with Gasteiger partial charge in [-0.2, -0.15) is 0 Å². The van der Waals surface area contributed by atoms with Crippen molar-refractivity contribution >= 4 is 5.69 Å². The smallest absolute Gasteiger partial charge is 0.269 e. The molecule has 0 aliphatic heterocycles. The Morgan fingerprint density at radius 2 is 2.29 bits per heavy atom. The third kappa shape index (κ3) is 3.87. The van der Waals surface area contributed by atoms with Crippen LogP contribution in [-0.2, 0) is 11.3 Å². The number of nitrogens with one attached hydrogen (secondary N) is 1. The number of nitrogens with zero attached hydrogens (tertiary/aromatic N) is 2. The maximum absolute atomic E-state index is 10.7. The SMILES string of the molecule is COCCNCc1ncc(-c2ccc([N+](=O)[O-])cc2C)o1. The van der Waals surface area contributed by atoms with Crippen LogP contribution < -0.4 is 5.32 Å². The number of hydrogen-bond acceptors (Lipinski definition) is 6. The molecule has 0 aliphatic carbocycles. The zero-order valence-electron chi connectivity index (χ0n) is 12.0. The van der Waals surface area contributed by atoms with E-state index in [4.69, 9.17) is 9.15 Å². The molecule has 112 valence electrons. The molecular formula is C14H17N3O4. The molecule has 7 nitrogen and oxygen atoms in total. The van der Waals surface area contributed by atoms with Crippen LogP contribution in [0.25, 0.3) is 11.3 Å². The van der Waals surface area contributed by atoms with E-state index in [1.165, 1.54) is 12.1 Å². The van der Waals surface area contributed by atoms with Gasteiger partial charge >= 0.3 is 0 Å². The van der Waals surface area contributed by atoms with E-state index in [0.29, 0.717) is 31.3 Å². The molecule has 0 spiro atoms. The molecule has 1 heterocycles. The van der Waals surface area contributed by atoms with Crippen molar-refractivity contribution in [2.45, 2.75) is 13.5 Å². The van der Waals surface area contributed by atoms with Crippen molar-refractivity contribution in [3.8, 4) is 11.3 Å². The highest BCUT2D eigenvalue weighted by Gasteiger charge is 2.12. The van der Waals surface area contributed by atoms with Gasteiger partial charge in [-0.05, 0) is 18.6 Å². The molecule has 1 aromatic carbocycles. The van der Waals surface area contributed by atoms with Gasteiger partial charge in [0.05, 0.1) is 24.3 Å². The van der Waals surface area contributed by atoms with Gasteiger partial charge in [0.25, 0.3) is 5.69 Å². The van der Waals surface area contributed by atoms with Gasteiger partial charge in [-0.15, -0.1) is 0 Å². The Labute approximate surface area is 122 Å². The van der Waals surface area contributed by atoms with Crippen molar-refractivity contribution in [1.82, 2.24) is 10.3 Å². The minimum Gasteiger partial charge on any atom is -0.439 e. The third-order valence-corrected chi connectivity index (χ3v) is 3.00. The lowest BCUT2D eigenvalue weighted by Gasteiger charge is -2.02. The minimum absolute atomic E-state index is 0.0669. The molecule has 0 saturated carbocycles. The van der Waals surface area contributed by atoms with Gasteiger partial charge in [-0.1, -0.05) is 0 Å². The van der Waals surface area contributed by atoms with Crippen molar-refractivity contribution in [3.63, 3.8) is 0 Å². The molecule has 0 radical (unpaired) electrons. The van der Waals surface area contributed by atoms with Crippen LogP contribution in [0.15, 0.2) is 28.8 Å². The first kappa shape index (κ1) is 15.1. The van der Waals surface area contributed by atoms with Crippen molar-refractivity contribution in [1.29, 1.82) is 0 Å². The summed E-state index contributed by atoms with van der Waals surface area (Å²) < 4.78 is 10.6. The Balaban J connectivity index is 2.08. The van der Waals surface area contributed by atoms with Crippen LogP contribution in [0.4, 0.5) is 5.69 Å². The summed E-state index contributed by atoms with van der Waals surface area (Å²) in [6.45, 7) is 3.65. The summed E-state index contributed by atoms with van der Waals surface area (Å²) in [7, 11) is 1.64. The fourth-order valence-corrected chi connectivity index (χ4v) is 1.92. The van der Waals surface area contributed by atoms with Crippen LogP contribution in [0, 0.1) is 17.0 Å². The summed E-state index contributed by atoms with van der Waals surface area (Å²) in [6.07, 6.45) is 1.63. The second-order valence-electron chi connectivity index (χ2n) is 4.54. The number of non-ortho nitro benzene ring substituents is 1. The summed E-state index contributed by atoms with van der Waals surface area (Å²) in [5, 5.41) is 13.9. The van der Waals surface area contributed by atoms with Crippen molar-refractivity contribution < 1.29 is 14.1 Å². The van der Waals surface area contributed by atoms with E-state index >= 15 is 0 Å². The van der Waals surface area contributed by atoms with Crippen LogP contribution in [0.2, 0.25) is 0 Å². The maximum atomic E-state index is 10.7.